The zero-order chi connectivity index (χ0) is 11.4. The molecule has 5 rings (SSSR count). The molecule has 4 atom stereocenters. The van der Waals surface area contributed by atoms with E-state index in [0.717, 1.165) is 0 Å². The summed E-state index contributed by atoms with van der Waals surface area (Å²) in [5, 5.41) is 3.75. The van der Waals surface area contributed by atoms with Crippen molar-refractivity contribution in [2.75, 3.05) is 0 Å². The van der Waals surface area contributed by atoms with Crippen LogP contribution >= 0.6 is 0 Å². The smallest absolute Gasteiger partial charge is 0.112 e. The number of hydrogen-bond donors (Lipinski definition) is 1. The molecule has 3 aliphatic carbocycles. The zero-order valence-corrected chi connectivity index (χ0v) is 10.3. The molecule has 4 unspecified atom stereocenters. The lowest BCUT2D eigenvalue weighted by Gasteiger charge is -2.36. The van der Waals surface area contributed by atoms with Crippen molar-refractivity contribution in [1.82, 2.24) is 5.32 Å². The molecule has 0 amide bonds. The summed E-state index contributed by atoms with van der Waals surface area (Å²) in [6, 6.07) is 0.634. The number of ether oxygens (including phenoxy) is 1. The van der Waals surface area contributed by atoms with Crippen LogP contribution in [0.5, 0.6) is 0 Å². The first-order chi connectivity index (χ1) is 8.24. The van der Waals surface area contributed by atoms with Crippen molar-refractivity contribution in [3.05, 3.63) is 34.6 Å². The van der Waals surface area contributed by atoms with Crippen LogP contribution in [0.25, 0.3) is 0 Å². The summed E-state index contributed by atoms with van der Waals surface area (Å²) in [6.07, 6.45) is 8.90. The maximum absolute atomic E-state index is 6.19. The molecule has 88 valence electrons. The zero-order valence-electron chi connectivity index (χ0n) is 10.3. The first-order valence-corrected chi connectivity index (χ1v) is 6.77. The number of hydrogen-bond acceptors (Lipinski definition) is 2. The number of piperidine rings is 1. The minimum atomic E-state index is 0.278. The highest BCUT2D eigenvalue weighted by molar-refractivity contribution is 5.72. The predicted octanol–water partition coefficient (Wildman–Crippen LogP) is 2.44. The van der Waals surface area contributed by atoms with Gasteiger partial charge in [-0.3, -0.25) is 5.32 Å². The third kappa shape index (κ3) is 0.657. The summed E-state index contributed by atoms with van der Waals surface area (Å²) in [5.41, 5.74) is 5.33. The molecule has 2 aliphatic heterocycles. The van der Waals surface area contributed by atoms with Crippen LogP contribution in [0.4, 0.5) is 0 Å². The molecule has 0 aromatic rings. The van der Waals surface area contributed by atoms with Crippen molar-refractivity contribution < 1.29 is 4.74 Å². The van der Waals surface area contributed by atoms with Gasteiger partial charge in [0.25, 0.3) is 0 Å². The Kier molecular flexibility index (Phi) is 1.19. The Hall–Kier alpha value is -1.02. The van der Waals surface area contributed by atoms with E-state index in [1.54, 1.807) is 11.1 Å². The van der Waals surface area contributed by atoms with Gasteiger partial charge in [-0.1, -0.05) is 12.2 Å². The molecule has 2 heterocycles. The van der Waals surface area contributed by atoms with Crippen LogP contribution in [-0.4, -0.2) is 17.7 Å². The first-order valence-electron chi connectivity index (χ1n) is 6.77. The van der Waals surface area contributed by atoms with Crippen LogP contribution in [0.2, 0.25) is 0 Å². The summed E-state index contributed by atoms with van der Waals surface area (Å²) < 4.78 is 6.19. The lowest BCUT2D eigenvalue weighted by molar-refractivity contribution is 0.0656. The van der Waals surface area contributed by atoms with Gasteiger partial charge in [0.15, 0.2) is 0 Å². The van der Waals surface area contributed by atoms with E-state index in [4.69, 9.17) is 4.74 Å². The Balaban J connectivity index is 1.88. The van der Waals surface area contributed by atoms with Gasteiger partial charge < -0.3 is 4.74 Å². The molecule has 1 N–H and O–H groups in total. The molecule has 5 aliphatic rings. The van der Waals surface area contributed by atoms with E-state index in [1.165, 1.54) is 30.6 Å². The summed E-state index contributed by atoms with van der Waals surface area (Å²) in [4.78, 5) is 0. The third-order valence-corrected chi connectivity index (χ3v) is 5.69. The Morgan fingerprint density at radius 1 is 1.53 bits per heavy atom. The fourth-order valence-electron chi connectivity index (χ4n) is 5.27. The fourth-order valence-corrected chi connectivity index (χ4v) is 5.27. The van der Waals surface area contributed by atoms with E-state index in [0.29, 0.717) is 17.7 Å². The average molecular weight is 227 g/mol. The van der Waals surface area contributed by atoms with E-state index in [2.05, 4.69) is 31.3 Å². The topological polar surface area (TPSA) is 31.2 Å². The van der Waals surface area contributed by atoms with Gasteiger partial charge in [-0.05, 0) is 44.3 Å². The lowest BCUT2D eigenvalue weighted by Crippen LogP contribution is -2.37. The maximum atomic E-state index is 6.19. The van der Waals surface area contributed by atoms with E-state index < -0.39 is 0 Å². The van der Waals surface area contributed by atoms with Crippen LogP contribution in [0.15, 0.2) is 34.6 Å². The van der Waals surface area contributed by atoms with Crippen LogP contribution in [-0.2, 0) is 4.74 Å². The number of fused-ring (bicyclic) bond motifs is 1. The molecule has 0 aromatic heterocycles. The van der Waals surface area contributed by atoms with Crippen molar-refractivity contribution in [3.8, 4) is 0 Å². The third-order valence-electron chi connectivity index (χ3n) is 5.69. The SMILES string of the molecule is CC=C1C2=C(C)OC3CCC=C4C5NC15CC423. The largest absolute Gasteiger partial charge is 0.493 e. The highest BCUT2D eigenvalue weighted by Gasteiger charge is 2.80. The van der Waals surface area contributed by atoms with Crippen LogP contribution in [0.1, 0.15) is 33.1 Å². The van der Waals surface area contributed by atoms with Crippen LogP contribution < -0.4 is 5.32 Å². The van der Waals surface area contributed by atoms with Crippen molar-refractivity contribution in [2.45, 2.75) is 50.8 Å². The molecule has 2 saturated carbocycles. The van der Waals surface area contributed by atoms with E-state index in [9.17, 15) is 0 Å². The number of nitrogens with one attached hydrogen (secondary N) is 1. The minimum absolute atomic E-state index is 0.278. The molecule has 0 aromatic carbocycles. The van der Waals surface area contributed by atoms with Crippen molar-refractivity contribution in [1.29, 1.82) is 0 Å². The number of rotatable bonds is 0. The van der Waals surface area contributed by atoms with Crippen LogP contribution in [0, 0.1) is 5.41 Å². The van der Waals surface area contributed by atoms with Gasteiger partial charge in [0.2, 0.25) is 0 Å². The van der Waals surface area contributed by atoms with Gasteiger partial charge in [0, 0.05) is 5.57 Å². The molecule has 2 bridgehead atoms. The normalized spacial score (nSPS) is 54.7. The molecular formula is C15H17NO. The lowest BCUT2D eigenvalue weighted by atomic mass is 9.67. The molecule has 17 heavy (non-hydrogen) atoms. The standard InChI is InChI=1S/C15H17NO/c1-3-9-12-8(2)17-11-6-4-5-10-13-15(9,16-13)7-14(10,11)12/h3,5,11,13,16H,4,6-7H2,1-2H3. The van der Waals surface area contributed by atoms with Gasteiger partial charge in [0.1, 0.15) is 6.10 Å². The molecule has 3 fully saturated rings. The highest BCUT2D eigenvalue weighted by atomic mass is 16.5. The first kappa shape index (κ1) is 8.98. The quantitative estimate of drug-likeness (QED) is 0.509. The monoisotopic (exact) mass is 227 g/mol. The predicted molar refractivity (Wildman–Crippen MR) is 65.4 cm³/mol. The molecule has 1 saturated heterocycles. The Morgan fingerprint density at radius 3 is 3.24 bits per heavy atom. The molecule has 2 heteroatoms. The van der Waals surface area contributed by atoms with Crippen molar-refractivity contribution in [2.24, 2.45) is 5.41 Å². The van der Waals surface area contributed by atoms with Gasteiger partial charge in [0.05, 0.1) is 22.8 Å². The Bertz CT molecular complexity index is 555. The Labute approximate surface area is 101 Å². The van der Waals surface area contributed by atoms with Gasteiger partial charge >= 0.3 is 0 Å². The van der Waals surface area contributed by atoms with Crippen LogP contribution in [0.3, 0.4) is 0 Å². The minimum Gasteiger partial charge on any atom is -0.493 e. The van der Waals surface area contributed by atoms with Gasteiger partial charge in [-0.2, -0.15) is 0 Å². The summed E-state index contributed by atoms with van der Waals surface area (Å²) >= 11 is 0. The van der Waals surface area contributed by atoms with Gasteiger partial charge in [-0.15, -0.1) is 0 Å². The van der Waals surface area contributed by atoms with Crippen molar-refractivity contribution in [3.63, 3.8) is 0 Å². The summed E-state index contributed by atoms with van der Waals surface area (Å²) in [6.45, 7) is 4.34. The van der Waals surface area contributed by atoms with E-state index >= 15 is 0 Å². The second-order valence-electron chi connectivity index (χ2n) is 6.17. The van der Waals surface area contributed by atoms with Gasteiger partial charge in [-0.25, -0.2) is 0 Å². The highest BCUT2D eigenvalue weighted by Crippen LogP contribution is 2.76. The second kappa shape index (κ2) is 2.26. The molecule has 2 spiro atoms. The molecular weight excluding hydrogens is 210 g/mol. The fraction of sp³-hybridized carbons (Fsp3) is 0.600. The van der Waals surface area contributed by atoms with E-state index in [-0.39, 0.29) is 5.41 Å². The Morgan fingerprint density at radius 2 is 2.41 bits per heavy atom. The number of allylic oxidation sites excluding steroid dienone is 3. The maximum Gasteiger partial charge on any atom is 0.112 e. The van der Waals surface area contributed by atoms with Crippen molar-refractivity contribution >= 4 is 0 Å². The average Bonchev–Trinajstić information content (AvgIpc) is 2.73. The molecule has 2 nitrogen and oxygen atoms in total. The van der Waals surface area contributed by atoms with E-state index in [1.807, 2.05) is 0 Å². The molecule has 0 radical (unpaired) electrons. The summed E-state index contributed by atoms with van der Waals surface area (Å²) in [7, 11) is 0. The second-order valence-corrected chi connectivity index (χ2v) is 6.17. The summed E-state index contributed by atoms with van der Waals surface area (Å²) in [5.74, 6) is 1.19.